The minimum absolute atomic E-state index is 0.0175. The zero-order valence-electron chi connectivity index (χ0n) is 12.6. The summed E-state index contributed by atoms with van der Waals surface area (Å²) >= 11 is 1.63. The van der Waals surface area contributed by atoms with Gasteiger partial charge in [0.2, 0.25) is 5.91 Å². The highest BCUT2D eigenvalue weighted by molar-refractivity contribution is 7.07. The first-order chi connectivity index (χ1) is 9.33. The van der Waals surface area contributed by atoms with Crippen LogP contribution in [-0.4, -0.2) is 24.2 Å². The van der Waals surface area contributed by atoms with Crippen LogP contribution in [0.3, 0.4) is 0 Å². The van der Waals surface area contributed by atoms with E-state index in [1.54, 1.807) is 11.3 Å². The van der Waals surface area contributed by atoms with Crippen molar-refractivity contribution in [3.63, 3.8) is 0 Å². The molecule has 1 fully saturated rings. The van der Waals surface area contributed by atoms with Gasteiger partial charge in [-0.15, -0.1) is 0 Å². The Morgan fingerprint density at radius 1 is 1.65 bits per heavy atom. The van der Waals surface area contributed by atoms with Crippen molar-refractivity contribution in [3.05, 3.63) is 22.4 Å². The Morgan fingerprint density at radius 2 is 2.35 bits per heavy atom. The summed E-state index contributed by atoms with van der Waals surface area (Å²) < 4.78 is 5.66. The van der Waals surface area contributed by atoms with Gasteiger partial charge in [0.1, 0.15) is 5.54 Å². The van der Waals surface area contributed by atoms with E-state index in [1.165, 1.54) is 0 Å². The van der Waals surface area contributed by atoms with E-state index in [9.17, 15) is 4.79 Å². The molecule has 1 aliphatic carbocycles. The fourth-order valence-electron chi connectivity index (χ4n) is 2.75. The summed E-state index contributed by atoms with van der Waals surface area (Å²) in [5, 5.41) is 7.08. The van der Waals surface area contributed by atoms with E-state index in [0.717, 1.165) is 5.56 Å². The van der Waals surface area contributed by atoms with E-state index in [1.807, 2.05) is 44.5 Å². The molecule has 112 valence electrons. The zero-order chi connectivity index (χ0) is 15.0. The first-order valence-electron chi connectivity index (χ1n) is 7.06. The van der Waals surface area contributed by atoms with Crippen LogP contribution in [0.5, 0.6) is 0 Å². The topological polar surface area (TPSA) is 64.3 Å². The van der Waals surface area contributed by atoms with Gasteiger partial charge in [-0.25, -0.2) is 0 Å². The number of rotatable bonds is 5. The Labute approximate surface area is 124 Å². The normalized spacial score (nSPS) is 29.6. The minimum Gasteiger partial charge on any atom is -0.378 e. The van der Waals surface area contributed by atoms with Crippen LogP contribution in [0.25, 0.3) is 0 Å². The molecule has 0 aliphatic heterocycles. The summed E-state index contributed by atoms with van der Waals surface area (Å²) in [6.07, 6.45) is 0.635. The van der Waals surface area contributed by atoms with E-state index in [0.29, 0.717) is 13.0 Å². The van der Waals surface area contributed by atoms with Crippen molar-refractivity contribution in [2.45, 2.75) is 51.8 Å². The molecule has 1 aliphatic rings. The Balaban J connectivity index is 2.03. The molecule has 0 saturated heterocycles. The first kappa shape index (κ1) is 15.5. The molecule has 0 radical (unpaired) electrons. The SMILES string of the molecule is CCOC1CC(N)(C(=O)NC(C)c2ccsc2)C1(C)C. The van der Waals surface area contributed by atoms with Gasteiger partial charge >= 0.3 is 0 Å². The van der Waals surface area contributed by atoms with Gasteiger partial charge in [-0.05, 0) is 36.2 Å². The lowest BCUT2D eigenvalue weighted by Gasteiger charge is -2.57. The molecule has 0 bridgehead atoms. The molecule has 1 amide bonds. The number of hydrogen-bond acceptors (Lipinski definition) is 4. The van der Waals surface area contributed by atoms with Gasteiger partial charge < -0.3 is 15.8 Å². The van der Waals surface area contributed by atoms with Crippen molar-refractivity contribution >= 4 is 17.2 Å². The molecule has 3 unspecified atom stereocenters. The summed E-state index contributed by atoms with van der Waals surface area (Å²) in [5.74, 6) is -0.0860. The van der Waals surface area contributed by atoms with Crippen LogP contribution in [0.15, 0.2) is 16.8 Å². The maximum Gasteiger partial charge on any atom is 0.241 e. The van der Waals surface area contributed by atoms with Crippen LogP contribution in [-0.2, 0) is 9.53 Å². The number of amides is 1. The monoisotopic (exact) mass is 296 g/mol. The van der Waals surface area contributed by atoms with Crippen LogP contribution < -0.4 is 11.1 Å². The third-order valence-electron chi connectivity index (χ3n) is 4.63. The molecule has 1 aromatic heterocycles. The molecule has 2 rings (SSSR count). The third-order valence-corrected chi connectivity index (χ3v) is 5.33. The van der Waals surface area contributed by atoms with Crippen LogP contribution in [0.2, 0.25) is 0 Å². The molecule has 1 aromatic rings. The van der Waals surface area contributed by atoms with E-state index in [2.05, 4.69) is 5.32 Å². The average Bonchev–Trinajstić information content (AvgIpc) is 2.92. The summed E-state index contributed by atoms with van der Waals surface area (Å²) in [6, 6.07) is 2.00. The quantitative estimate of drug-likeness (QED) is 0.877. The number of carbonyl (C=O) groups excluding carboxylic acids is 1. The molecule has 20 heavy (non-hydrogen) atoms. The number of nitrogens with one attached hydrogen (secondary N) is 1. The van der Waals surface area contributed by atoms with Gasteiger partial charge in [0, 0.05) is 18.4 Å². The fourth-order valence-corrected chi connectivity index (χ4v) is 3.50. The Bertz CT molecular complexity index is 472. The maximum atomic E-state index is 12.5. The number of ether oxygens (including phenoxy) is 1. The smallest absolute Gasteiger partial charge is 0.241 e. The second-order valence-electron chi connectivity index (χ2n) is 6.09. The van der Waals surface area contributed by atoms with Crippen molar-refractivity contribution in [2.24, 2.45) is 11.1 Å². The lowest BCUT2D eigenvalue weighted by molar-refractivity contribution is -0.171. The van der Waals surface area contributed by atoms with E-state index >= 15 is 0 Å². The summed E-state index contributed by atoms with van der Waals surface area (Å²) in [4.78, 5) is 12.5. The van der Waals surface area contributed by atoms with E-state index < -0.39 is 5.54 Å². The second-order valence-corrected chi connectivity index (χ2v) is 6.87. The summed E-state index contributed by atoms with van der Waals surface area (Å²) in [6.45, 7) is 8.61. The van der Waals surface area contributed by atoms with Crippen molar-refractivity contribution in [1.82, 2.24) is 5.32 Å². The van der Waals surface area contributed by atoms with Crippen molar-refractivity contribution in [3.8, 4) is 0 Å². The molecule has 3 atom stereocenters. The van der Waals surface area contributed by atoms with Crippen molar-refractivity contribution in [2.75, 3.05) is 6.61 Å². The van der Waals surface area contributed by atoms with Gasteiger partial charge in [-0.1, -0.05) is 13.8 Å². The largest absolute Gasteiger partial charge is 0.378 e. The number of nitrogens with two attached hydrogens (primary N) is 1. The number of hydrogen-bond donors (Lipinski definition) is 2. The van der Waals surface area contributed by atoms with Crippen LogP contribution in [0, 0.1) is 5.41 Å². The maximum absolute atomic E-state index is 12.5. The van der Waals surface area contributed by atoms with Gasteiger partial charge in [0.15, 0.2) is 0 Å². The van der Waals surface area contributed by atoms with E-state index in [-0.39, 0.29) is 23.5 Å². The molecular formula is C15H24N2O2S. The van der Waals surface area contributed by atoms with Crippen molar-refractivity contribution < 1.29 is 9.53 Å². The minimum atomic E-state index is -0.850. The predicted molar refractivity (Wildman–Crippen MR) is 81.6 cm³/mol. The van der Waals surface area contributed by atoms with Gasteiger partial charge in [0.05, 0.1) is 12.1 Å². The van der Waals surface area contributed by atoms with Gasteiger partial charge in [-0.2, -0.15) is 11.3 Å². The van der Waals surface area contributed by atoms with Gasteiger partial charge in [-0.3, -0.25) is 4.79 Å². The highest BCUT2D eigenvalue weighted by Crippen LogP contribution is 2.50. The Hall–Kier alpha value is -0.910. The molecule has 5 heteroatoms. The van der Waals surface area contributed by atoms with Crippen LogP contribution in [0.1, 0.15) is 45.7 Å². The standard InChI is InChI=1S/C15H24N2O2S/c1-5-19-12-8-15(16,14(12,3)4)13(18)17-10(2)11-6-7-20-9-11/h6-7,9-10,12H,5,8,16H2,1-4H3,(H,17,18). The Kier molecular flexibility index (Phi) is 4.23. The molecule has 1 heterocycles. The summed E-state index contributed by atoms with van der Waals surface area (Å²) in [7, 11) is 0. The highest BCUT2D eigenvalue weighted by atomic mass is 32.1. The highest BCUT2D eigenvalue weighted by Gasteiger charge is 2.62. The average molecular weight is 296 g/mol. The second kappa shape index (κ2) is 5.47. The fraction of sp³-hybridized carbons (Fsp3) is 0.667. The molecule has 0 aromatic carbocycles. The molecule has 4 nitrogen and oxygen atoms in total. The van der Waals surface area contributed by atoms with Gasteiger partial charge in [0.25, 0.3) is 0 Å². The zero-order valence-corrected chi connectivity index (χ0v) is 13.4. The number of thiophene rings is 1. The van der Waals surface area contributed by atoms with Crippen molar-refractivity contribution in [1.29, 1.82) is 0 Å². The predicted octanol–water partition coefficient (Wildman–Crippen LogP) is 2.46. The van der Waals surface area contributed by atoms with Crippen LogP contribution in [0.4, 0.5) is 0 Å². The molecule has 1 saturated carbocycles. The lowest BCUT2D eigenvalue weighted by atomic mass is 9.54. The first-order valence-corrected chi connectivity index (χ1v) is 8.00. The molecular weight excluding hydrogens is 272 g/mol. The Morgan fingerprint density at radius 3 is 2.85 bits per heavy atom. The molecule has 3 N–H and O–H groups in total. The molecule has 0 spiro atoms. The third kappa shape index (κ3) is 2.38. The summed E-state index contributed by atoms with van der Waals surface area (Å²) in [5.41, 5.74) is 6.28. The lowest BCUT2D eigenvalue weighted by Crippen LogP contribution is -2.75. The van der Waals surface area contributed by atoms with Crippen LogP contribution >= 0.6 is 11.3 Å². The number of carbonyl (C=O) groups is 1. The van der Waals surface area contributed by atoms with E-state index in [4.69, 9.17) is 10.5 Å².